The lowest BCUT2D eigenvalue weighted by atomic mass is 10.7. The average Bonchev–Trinajstić information content (AvgIpc) is 1.94. The highest BCUT2D eigenvalue weighted by Gasteiger charge is 2.20. The van der Waals surface area contributed by atoms with Crippen LogP contribution in [0.2, 0.25) is 0 Å². The Morgan fingerprint density at radius 2 is 2.00 bits per heavy atom. The lowest BCUT2D eigenvalue weighted by Gasteiger charge is -2.04. The van der Waals surface area contributed by atoms with Crippen LogP contribution in [0.1, 0.15) is 6.92 Å². The van der Waals surface area contributed by atoms with Crippen molar-refractivity contribution in [1.82, 2.24) is 0 Å². The number of ether oxygens (including phenoxy) is 2. The molecule has 13 heavy (non-hydrogen) atoms. The summed E-state index contributed by atoms with van der Waals surface area (Å²) in [4.78, 5) is 10.8. The van der Waals surface area contributed by atoms with Crippen LogP contribution in [0, 0.1) is 0 Å². The van der Waals surface area contributed by atoms with Gasteiger partial charge in [0.15, 0.2) is 0 Å². The zero-order chi connectivity index (χ0) is 10.3. The van der Waals surface area contributed by atoms with Gasteiger partial charge >= 0.3 is 5.97 Å². The van der Waals surface area contributed by atoms with Crippen LogP contribution in [0.5, 0.6) is 0 Å². The number of halogens is 2. The monoisotopic (exact) mass is 248 g/mol. The van der Waals surface area contributed by atoms with Gasteiger partial charge in [-0.2, -0.15) is 0 Å². The Morgan fingerprint density at radius 1 is 1.38 bits per heavy atom. The second-order valence-corrected chi connectivity index (χ2v) is 7.40. The first-order chi connectivity index (χ1) is 5.95. The molecule has 0 amide bonds. The Labute approximate surface area is 86.4 Å². The van der Waals surface area contributed by atoms with Crippen LogP contribution in [-0.2, 0) is 18.8 Å². The zero-order valence-corrected chi connectivity index (χ0v) is 9.57. The van der Waals surface area contributed by atoms with Crippen molar-refractivity contribution in [3.63, 3.8) is 0 Å². The largest absolute Gasteiger partial charge is 0.463 e. The molecule has 4 nitrogen and oxygen atoms in total. The second-order valence-electron chi connectivity index (χ2n) is 2.15. The number of rotatable bonds is 6. The molecule has 0 fully saturated rings. The van der Waals surface area contributed by atoms with Crippen molar-refractivity contribution in [1.29, 1.82) is 0 Å². The highest BCUT2D eigenvalue weighted by atomic mass is 35.9. The van der Waals surface area contributed by atoms with Gasteiger partial charge in [-0.3, -0.25) is 9.36 Å². The van der Waals surface area contributed by atoms with Gasteiger partial charge in [0.25, 0.3) is 5.85 Å². The molecule has 0 heterocycles. The van der Waals surface area contributed by atoms with E-state index in [0.717, 1.165) is 0 Å². The van der Waals surface area contributed by atoms with Crippen LogP contribution in [-0.4, -0.2) is 32.0 Å². The standard InChI is InChI=1S/C6H11Cl2O4P/c1-2-11-3-4-12-6(9)5-13(7,8)10/h2-5H2,1H3. The predicted molar refractivity (Wildman–Crippen MR) is 51.6 cm³/mol. The Kier molecular flexibility index (Phi) is 6.78. The van der Waals surface area contributed by atoms with Gasteiger partial charge in [-0.25, -0.2) is 0 Å². The van der Waals surface area contributed by atoms with Gasteiger partial charge in [0, 0.05) is 6.61 Å². The number of esters is 1. The second kappa shape index (κ2) is 6.66. The van der Waals surface area contributed by atoms with Crippen LogP contribution in [0.4, 0.5) is 0 Å². The number of hydrogen-bond acceptors (Lipinski definition) is 4. The summed E-state index contributed by atoms with van der Waals surface area (Å²) >= 11 is 10.3. The molecule has 0 aromatic heterocycles. The lowest BCUT2D eigenvalue weighted by Crippen LogP contribution is -2.12. The van der Waals surface area contributed by atoms with Crippen molar-refractivity contribution in [2.75, 3.05) is 26.0 Å². The maximum Gasteiger partial charge on any atom is 0.315 e. The van der Waals surface area contributed by atoms with Crippen LogP contribution < -0.4 is 0 Å². The fraction of sp³-hybridized carbons (Fsp3) is 0.833. The summed E-state index contributed by atoms with van der Waals surface area (Å²) in [7, 11) is 0. The molecule has 0 radical (unpaired) electrons. The van der Waals surface area contributed by atoms with Gasteiger partial charge in [-0.05, 0) is 29.4 Å². The molecule has 0 aliphatic carbocycles. The first-order valence-corrected chi connectivity index (χ1v) is 7.37. The normalized spacial score (nSPS) is 11.3. The van der Waals surface area contributed by atoms with E-state index in [1.807, 2.05) is 6.92 Å². The first-order valence-electron chi connectivity index (χ1n) is 3.67. The third-order valence-corrected chi connectivity index (χ3v) is 2.35. The maximum absolute atomic E-state index is 10.8. The number of carbonyl (C=O) groups is 1. The van der Waals surface area contributed by atoms with Crippen molar-refractivity contribution >= 4 is 34.3 Å². The van der Waals surface area contributed by atoms with Crippen LogP contribution >= 0.6 is 28.3 Å². The fourth-order valence-corrected chi connectivity index (χ4v) is 1.53. The molecule has 0 aliphatic heterocycles. The first kappa shape index (κ1) is 13.2. The van der Waals surface area contributed by atoms with Gasteiger partial charge in [0.05, 0.1) is 6.61 Å². The average molecular weight is 249 g/mol. The van der Waals surface area contributed by atoms with Crippen molar-refractivity contribution in [3.8, 4) is 0 Å². The molecule has 0 saturated carbocycles. The third kappa shape index (κ3) is 10.2. The molecule has 0 aromatic rings. The molecular formula is C6H11Cl2O4P. The van der Waals surface area contributed by atoms with E-state index >= 15 is 0 Å². The van der Waals surface area contributed by atoms with E-state index in [1.54, 1.807) is 0 Å². The zero-order valence-electron chi connectivity index (χ0n) is 7.16. The van der Waals surface area contributed by atoms with E-state index in [-0.39, 0.29) is 6.61 Å². The Morgan fingerprint density at radius 3 is 2.46 bits per heavy atom. The van der Waals surface area contributed by atoms with E-state index in [2.05, 4.69) is 4.74 Å². The predicted octanol–water partition coefficient (Wildman–Crippen LogP) is 2.24. The van der Waals surface area contributed by atoms with Crippen LogP contribution in [0.3, 0.4) is 0 Å². The molecular weight excluding hydrogens is 238 g/mol. The summed E-state index contributed by atoms with van der Waals surface area (Å²) in [5.74, 6) is -4.02. The minimum absolute atomic E-state index is 0.125. The molecule has 0 N–H and O–H groups in total. The Hall–Kier alpha value is 0.240. The van der Waals surface area contributed by atoms with Gasteiger partial charge in [0.1, 0.15) is 12.8 Å². The summed E-state index contributed by atoms with van der Waals surface area (Å²) < 4.78 is 20.2. The smallest absolute Gasteiger partial charge is 0.315 e. The molecule has 7 heteroatoms. The van der Waals surface area contributed by atoms with Crippen molar-refractivity contribution in [2.45, 2.75) is 6.92 Å². The SMILES string of the molecule is CCOCCOC(=O)CP(=O)(Cl)Cl. The summed E-state index contributed by atoms with van der Waals surface area (Å²) in [6.07, 6.45) is -0.456. The van der Waals surface area contributed by atoms with E-state index in [0.29, 0.717) is 13.2 Å². The lowest BCUT2D eigenvalue weighted by molar-refractivity contribution is -0.142. The molecule has 0 spiro atoms. The molecule has 0 aromatic carbocycles. The van der Waals surface area contributed by atoms with Crippen molar-refractivity contribution in [2.24, 2.45) is 0 Å². The van der Waals surface area contributed by atoms with E-state index in [1.165, 1.54) is 0 Å². The molecule has 0 unspecified atom stereocenters. The fourth-order valence-electron chi connectivity index (χ4n) is 0.555. The molecule has 0 aliphatic rings. The van der Waals surface area contributed by atoms with E-state index in [4.69, 9.17) is 27.2 Å². The van der Waals surface area contributed by atoms with Gasteiger partial charge in [-0.1, -0.05) is 0 Å². The molecule has 78 valence electrons. The Bertz CT molecular complexity index is 203. The Balaban J connectivity index is 3.47. The molecule has 0 rings (SSSR count). The van der Waals surface area contributed by atoms with Gasteiger partial charge < -0.3 is 9.47 Å². The van der Waals surface area contributed by atoms with Gasteiger partial charge in [-0.15, -0.1) is 0 Å². The summed E-state index contributed by atoms with van der Waals surface area (Å²) in [5, 5.41) is 0. The van der Waals surface area contributed by atoms with E-state index < -0.39 is 18.0 Å². The third-order valence-electron chi connectivity index (χ3n) is 1.01. The van der Waals surface area contributed by atoms with Crippen molar-refractivity contribution in [3.05, 3.63) is 0 Å². The van der Waals surface area contributed by atoms with E-state index in [9.17, 15) is 9.36 Å². The summed E-state index contributed by atoms with van der Waals surface area (Å²) in [5.41, 5.74) is 0. The van der Waals surface area contributed by atoms with Crippen LogP contribution in [0.25, 0.3) is 0 Å². The summed E-state index contributed by atoms with van der Waals surface area (Å²) in [6.45, 7) is 2.83. The molecule has 0 bridgehead atoms. The summed E-state index contributed by atoms with van der Waals surface area (Å²) in [6, 6.07) is 0. The minimum atomic E-state index is -3.35. The van der Waals surface area contributed by atoms with Crippen LogP contribution in [0.15, 0.2) is 0 Å². The topological polar surface area (TPSA) is 52.6 Å². The quantitative estimate of drug-likeness (QED) is 0.411. The molecule has 0 atom stereocenters. The number of carbonyl (C=O) groups excluding carboxylic acids is 1. The maximum atomic E-state index is 10.8. The highest BCUT2D eigenvalue weighted by molar-refractivity contribution is 8.09. The number of hydrogen-bond donors (Lipinski definition) is 0. The minimum Gasteiger partial charge on any atom is -0.463 e. The highest BCUT2D eigenvalue weighted by Crippen LogP contribution is 2.56. The van der Waals surface area contributed by atoms with Gasteiger partial charge in [0.2, 0.25) is 0 Å². The molecule has 0 saturated heterocycles. The van der Waals surface area contributed by atoms with Crippen molar-refractivity contribution < 1.29 is 18.8 Å².